The molecule has 0 radical (unpaired) electrons. The molecule has 1 aliphatic heterocycles. The van der Waals surface area contributed by atoms with Crippen molar-refractivity contribution in [3.8, 4) is 0 Å². The third-order valence-corrected chi connectivity index (χ3v) is 3.36. The highest BCUT2D eigenvalue weighted by molar-refractivity contribution is 5.96. The van der Waals surface area contributed by atoms with Crippen LogP contribution >= 0.6 is 0 Å². The van der Waals surface area contributed by atoms with Gasteiger partial charge in [-0.1, -0.05) is 12.1 Å². The van der Waals surface area contributed by atoms with Crippen molar-refractivity contribution in [1.29, 1.82) is 0 Å². The second-order valence-corrected chi connectivity index (χ2v) is 4.46. The van der Waals surface area contributed by atoms with Crippen LogP contribution in [0.4, 0.5) is 5.69 Å². The van der Waals surface area contributed by atoms with Gasteiger partial charge in [0.05, 0.1) is 17.9 Å². The van der Waals surface area contributed by atoms with Gasteiger partial charge in [0, 0.05) is 19.1 Å². The van der Waals surface area contributed by atoms with Gasteiger partial charge in [0.25, 0.3) is 0 Å². The van der Waals surface area contributed by atoms with Crippen molar-refractivity contribution >= 4 is 11.7 Å². The summed E-state index contributed by atoms with van der Waals surface area (Å²) in [4.78, 5) is 14.2. The van der Waals surface area contributed by atoms with Gasteiger partial charge in [-0.3, -0.25) is 0 Å². The van der Waals surface area contributed by atoms with Crippen LogP contribution in [0, 0.1) is 0 Å². The maximum atomic E-state index is 11.9. The topological polar surface area (TPSA) is 55.6 Å². The summed E-state index contributed by atoms with van der Waals surface area (Å²) >= 11 is 0. The Morgan fingerprint density at radius 2 is 2.28 bits per heavy atom. The predicted molar refractivity (Wildman–Crippen MR) is 71.8 cm³/mol. The van der Waals surface area contributed by atoms with E-state index < -0.39 is 0 Å². The Labute approximate surface area is 108 Å². The van der Waals surface area contributed by atoms with Gasteiger partial charge in [0.15, 0.2) is 0 Å². The lowest BCUT2D eigenvalue weighted by Crippen LogP contribution is -2.36. The van der Waals surface area contributed by atoms with Gasteiger partial charge in [0.1, 0.15) is 0 Å². The van der Waals surface area contributed by atoms with Crippen molar-refractivity contribution in [2.24, 2.45) is 5.73 Å². The minimum absolute atomic E-state index is 0.254. The molecule has 0 amide bonds. The molecule has 1 unspecified atom stereocenters. The lowest BCUT2D eigenvalue weighted by Gasteiger charge is -2.27. The first-order valence-electron chi connectivity index (χ1n) is 6.50. The Balaban J connectivity index is 2.29. The second kappa shape index (κ2) is 5.87. The summed E-state index contributed by atoms with van der Waals surface area (Å²) in [5, 5.41) is 0. The number of rotatable bonds is 4. The molecule has 1 aromatic rings. The summed E-state index contributed by atoms with van der Waals surface area (Å²) in [6.07, 6.45) is 2.21. The van der Waals surface area contributed by atoms with E-state index in [1.165, 1.54) is 0 Å². The molecule has 1 aliphatic rings. The molecule has 98 valence electrons. The molecule has 1 fully saturated rings. The van der Waals surface area contributed by atoms with Crippen molar-refractivity contribution in [2.45, 2.75) is 25.8 Å². The van der Waals surface area contributed by atoms with Crippen LogP contribution in [0.1, 0.15) is 30.1 Å². The fourth-order valence-electron chi connectivity index (χ4n) is 2.50. The third-order valence-electron chi connectivity index (χ3n) is 3.36. The van der Waals surface area contributed by atoms with Crippen LogP contribution in [-0.4, -0.2) is 31.7 Å². The highest BCUT2D eigenvalue weighted by Crippen LogP contribution is 2.28. The van der Waals surface area contributed by atoms with Gasteiger partial charge in [-0.25, -0.2) is 4.79 Å². The first-order valence-corrected chi connectivity index (χ1v) is 6.50. The molecule has 1 atom stereocenters. The van der Waals surface area contributed by atoms with Crippen LogP contribution < -0.4 is 10.6 Å². The largest absolute Gasteiger partial charge is 0.462 e. The molecule has 1 saturated heterocycles. The number of carbonyl (C=O) groups excluding carboxylic acids is 1. The normalized spacial score (nSPS) is 19.0. The Bertz CT molecular complexity index is 420. The fraction of sp³-hybridized carbons (Fsp3) is 0.500. The van der Waals surface area contributed by atoms with Gasteiger partial charge in [-0.05, 0) is 31.9 Å². The van der Waals surface area contributed by atoms with E-state index >= 15 is 0 Å². The van der Waals surface area contributed by atoms with E-state index in [0.29, 0.717) is 24.8 Å². The van der Waals surface area contributed by atoms with Crippen molar-refractivity contribution in [3.05, 3.63) is 29.8 Å². The maximum absolute atomic E-state index is 11.9. The van der Waals surface area contributed by atoms with E-state index in [9.17, 15) is 4.79 Å². The average Bonchev–Trinajstić information content (AvgIpc) is 2.87. The SMILES string of the molecule is CCOC(=O)c1ccccc1N1CCCC1CN. The zero-order valence-corrected chi connectivity index (χ0v) is 10.8. The highest BCUT2D eigenvalue weighted by Gasteiger charge is 2.26. The van der Waals surface area contributed by atoms with E-state index in [1.54, 1.807) is 0 Å². The zero-order chi connectivity index (χ0) is 13.0. The Kier molecular flexibility index (Phi) is 4.20. The molecule has 0 aliphatic carbocycles. The molecule has 0 aromatic heterocycles. The van der Waals surface area contributed by atoms with Crippen LogP contribution in [0.15, 0.2) is 24.3 Å². The number of ether oxygens (including phenoxy) is 1. The summed E-state index contributed by atoms with van der Waals surface area (Å²) in [6.45, 7) is 3.79. The Morgan fingerprint density at radius 3 is 3.00 bits per heavy atom. The number of nitrogens with two attached hydrogens (primary N) is 1. The summed E-state index contributed by atoms with van der Waals surface area (Å²) in [5.74, 6) is -0.254. The fourth-order valence-corrected chi connectivity index (χ4v) is 2.50. The molecule has 0 spiro atoms. The van der Waals surface area contributed by atoms with Crippen molar-refractivity contribution in [2.75, 3.05) is 24.6 Å². The van der Waals surface area contributed by atoms with E-state index in [4.69, 9.17) is 10.5 Å². The molecule has 2 rings (SSSR count). The van der Waals surface area contributed by atoms with E-state index in [2.05, 4.69) is 4.90 Å². The molecule has 4 heteroatoms. The maximum Gasteiger partial charge on any atom is 0.340 e. The summed E-state index contributed by atoms with van der Waals surface area (Å²) < 4.78 is 5.10. The number of hydrogen-bond acceptors (Lipinski definition) is 4. The number of anilines is 1. The van der Waals surface area contributed by atoms with Crippen LogP contribution in [0.2, 0.25) is 0 Å². The molecular formula is C14H20N2O2. The summed E-state index contributed by atoms with van der Waals surface area (Å²) in [5.41, 5.74) is 7.38. The first-order chi connectivity index (χ1) is 8.77. The molecule has 0 saturated carbocycles. The number of para-hydroxylation sites is 1. The summed E-state index contributed by atoms with van der Waals surface area (Å²) in [6, 6.07) is 7.94. The Morgan fingerprint density at radius 1 is 1.50 bits per heavy atom. The highest BCUT2D eigenvalue weighted by atomic mass is 16.5. The first kappa shape index (κ1) is 12.9. The lowest BCUT2D eigenvalue weighted by molar-refractivity contribution is 0.0527. The van der Waals surface area contributed by atoms with Gasteiger partial charge in [-0.15, -0.1) is 0 Å². The van der Waals surface area contributed by atoms with E-state index in [1.807, 2.05) is 31.2 Å². The number of nitrogens with zero attached hydrogens (tertiary/aromatic N) is 1. The Hall–Kier alpha value is -1.55. The van der Waals surface area contributed by atoms with Gasteiger partial charge >= 0.3 is 5.97 Å². The molecular weight excluding hydrogens is 228 g/mol. The van der Waals surface area contributed by atoms with E-state index in [0.717, 1.165) is 25.1 Å². The van der Waals surface area contributed by atoms with Crippen molar-refractivity contribution in [3.63, 3.8) is 0 Å². The number of carbonyl (C=O) groups is 1. The van der Waals surface area contributed by atoms with Crippen LogP contribution in [-0.2, 0) is 4.74 Å². The van der Waals surface area contributed by atoms with Gasteiger partial charge in [-0.2, -0.15) is 0 Å². The molecule has 1 aromatic carbocycles. The standard InChI is InChI=1S/C14H20N2O2/c1-2-18-14(17)12-7-3-4-8-13(12)16-9-5-6-11(16)10-15/h3-4,7-8,11H,2,5-6,9-10,15H2,1H3. The number of hydrogen-bond donors (Lipinski definition) is 1. The van der Waals surface area contributed by atoms with Crippen LogP contribution in [0.3, 0.4) is 0 Å². The zero-order valence-electron chi connectivity index (χ0n) is 10.8. The third kappa shape index (κ3) is 2.48. The molecule has 0 bridgehead atoms. The molecule has 4 nitrogen and oxygen atoms in total. The summed E-state index contributed by atoms with van der Waals surface area (Å²) in [7, 11) is 0. The van der Waals surface area contributed by atoms with Gasteiger partial charge in [0.2, 0.25) is 0 Å². The smallest absolute Gasteiger partial charge is 0.340 e. The average molecular weight is 248 g/mol. The predicted octanol–water partition coefficient (Wildman–Crippen LogP) is 1.79. The quantitative estimate of drug-likeness (QED) is 0.825. The van der Waals surface area contributed by atoms with Gasteiger partial charge < -0.3 is 15.4 Å². The monoisotopic (exact) mass is 248 g/mol. The van der Waals surface area contributed by atoms with Crippen molar-refractivity contribution < 1.29 is 9.53 Å². The lowest BCUT2D eigenvalue weighted by atomic mass is 10.1. The molecule has 2 N–H and O–H groups in total. The number of benzene rings is 1. The minimum atomic E-state index is -0.254. The second-order valence-electron chi connectivity index (χ2n) is 4.46. The number of esters is 1. The molecule has 18 heavy (non-hydrogen) atoms. The minimum Gasteiger partial charge on any atom is -0.462 e. The van der Waals surface area contributed by atoms with Crippen LogP contribution in [0.25, 0.3) is 0 Å². The van der Waals surface area contributed by atoms with Crippen LogP contribution in [0.5, 0.6) is 0 Å². The molecule has 1 heterocycles. The van der Waals surface area contributed by atoms with E-state index in [-0.39, 0.29) is 5.97 Å². The van der Waals surface area contributed by atoms with Crippen molar-refractivity contribution in [1.82, 2.24) is 0 Å².